The molecule has 0 spiro atoms. The highest BCUT2D eigenvalue weighted by molar-refractivity contribution is 5.92. The number of para-hydroxylation sites is 2. The molecule has 2 aromatic heterocycles. The van der Waals surface area contributed by atoms with Crippen LogP contribution in [0.5, 0.6) is 0 Å². The number of aromatic amines is 2. The van der Waals surface area contributed by atoms with Gasteiger partial charge in [-0.25, -0.2) is 0 Å². The smallest absolute Gasteiger partial charge is 0.242 e. The molecule has 4 aromatic rings. The van der Waals surface area contributed by atoms with Gasteiger partial charge in [0.2, 0.25) is 11.8 Å². The molecule has 2 aromatic carbocycles. The van der Waals surface area contributed by atoms with Crippen molar-refractivity contribution in [1.29, 1.82) is 0 Å². The molecular formula is C29H39N7O2. The van der Waals surface area contributed by atoms with Gasteiger partial charge in [-0.2, -0.15) is 0 Å². The molecule has 9 heteroatoms. The number of nitrogens with two attached hydrogens (primary N) is 2. The highest BCUT2D eigenvalue weighted by Crippen LogP contribution is 2.20. The van der Waals surface area contributed by atoms with Crippen LogP contribution in [0.2, 0.25) is 0 Å². The zero-order valence-electron chi connectivity index (χ0n) is 21.8. The van der Waals surface area contributed by atoms with Gasteiger partial charge in [0.1, 0.15) is 6.04 Å². The maximum atomic E-state index is 13.2. The monoisotopic (exact) mass is 517 g/mol. The Morgan fingerprint density at radius 3 is 2.00 bits per heavy atom. The molecule has 4 rings (SSSR count). The second kappa shape index (κ2) is 13.8. The van der Waals surface area contributed by atoms with Crippen molar-refractivity contribution in [3.63, 3.8) is 0 Å². The summed E-state index contributed by atoms with van der Waals surface area (Å²) in [7, 11) is 0. The summed E-state index contributed by atoms with van der Waals surface area (Å²) in [5.74, 6) is -0.557. The van der Waals surface area contributed by atoms with E-state index in [2.05, 4.69) is 25.9 Å². The average molecular weight is 518 g/mol. The molecule has 0 fully saturated rings. The van der Waals surface area contributed by atoms with Gasteiger partial charge >= 0.3 is 0 Å². The number of unbranched alkanes of at least 4 members (excludes halogenated alkanes) is 1. The van der Waals surface area contributed by atoms with E-state index in [1.165, 1.54) is 0 Å². The molecule has 0 bridgehead atoms. The van der Waals surface area contributed by atoms with E-state index in [4.69, 9.17) is 11.5 Å². The van der Waals surface area contributed by atoms with Crippen molar-refractivity contribution in [2.24, 2.45) is 11.5 Å². The van der Waals surface area contributed by atoms with Gasteiger partial charge in [-0.3, -0.25) is 9.59 Å². The van der Waals surface area contributed by atoms with Crippen molar-refractivity contribution in [2.75, 3.05) is 26.2 Å². The number of fused-ring (bicyclic) bond motifs is 2. The lowest BCUT2D eigenvalue weighted by atomic mass is 10.0. The standard InChI is InChI=1S/C29H39N7O2/c30-12-7-14-32-13-5-6-15-33-29(38)27(17-21-19-35-26-11-4-2-9-23(21)26)36-28(37)24(31)16-20-18-34-25-10-3-1-8-22(20)25/h1-4,8-11,18-19,24,27,32,34-35H,5-7,12-17,30-31H2,(H,33,38)(H,36,37). The summed E-state index contributed by atoms with van der Waals surface area (Å²) in [6, 6.07) is 14.3. The van der Waals surface area contributed by atoms with Crippen LogP contribution >= 0.6 is 0 Å². The van der Waals surface area contributed by atoms with Gasteiger partial charge in [0, 0.05) is 47.2 Å². The van der Waals surface area contributed by atoms with Crippen molar-refractivity contribution in [2.45, 2.75) is 44.2 Å². The Balaban J connectivity index is 1.38. The van der Waals surface area contributed by atoms with E-state index in [-0.39, 0.29) is 11.8 Å². The summed E-state index contributed by atoms with van der Waals surface area (Å²) in [5.41, 5.74) is 15.8. The Morgan fingerprint density at radius 1 is 0.763 bits per heavy atom. The van der Waals surface area contributed by atoms with E-state index >= 15 is 0 Å². The van der Waals surface area contributed by atoms with Crippen LogP contribution < -0.4 is 27.4 Å². The summed E-state index contributed by atoms with van der Waals surface area (Å²) < 4.78 is 0. The van der Waals surface area contributed by atoms with Gasteiger partial charge in [-0.1, -0.05) is 36.4 Å². The third-order valence-electron chi connectivity index (χ3n) is 6.82. The maximum absolute atomic E-state index is 13.2. The molecule has 0 radical (unpaired) electrons. The van der Waals surface area contributed by atoms with Crippen molar-refractivity contribution in [3.8, 4) is 0 Å². The van der Waals surface area contributed by atoms with Crippen LogP contribution in [0, 0.1) is 0 Å². The van der Waals surface area contributed by atoms with Crippen LogP contribution in [0.25, 0.3) is 21.8 Å². The fourth-order valence-corrected chi connectivity index (χ4v) is 4.70. The van der Waals surface area contributed by atoms with Gasteiger partial charge in [-0.15, -0.1) is 0 Å². The first-order chi connectivity index (χ1) is 18.6. The predicted molar refractivity (Wildman–Crippen MR) is 153 cm³/mol. The van der Waals surface area contributed by atoms with Crippen molar-refractivity contribution >= 4 is 33.6 Å². The van der Waals surface area contributed by atoms with Crippen LogP contribution in [0.3, 0.4) is 0 Å². The number of carbonyl (C=O) groups is 2. The molecule has 9 N–H and O–H groups in total. The maximum Gasteiger partial charge on any atom is 0.242 e. The molecule has 0 aliphatic carbocycles. The number of rotatable bonds is 15. The molecule has 2 atom stereocenters. The molecule has 0 aliphatic heterocycles. The molecule has 9 nitrogen and oxygen atoms in total. The van der Waals surface area contributed by atoms with Gasteiger partial charge < -0.3 is 37.4 Å². The van der Waals surface area contributed by atoms with Gasteiger partial charge in [0.05, 0.1) is 6.04 Å². The fraction of sp³-hybridized carbons (Fsp3) is 0.379. The second-order valence-corrected chi connectivity index (χ2v) is 9.69. The molecule has 0 saturated carbocycles. The largest absolute Gasteiger partial charge is 0.361 e. The Labute approximate surface area is 223 Å². The first-order valence-corrected chi connectivity index (χ1v) is 13.4. The zero-order chi connectivity index (χ0) is 26.7. The van der Waals surface area contributed by atoms with Gasteiger partial charge in [-0.05, 0) is 68.6 Å². The lowest BCUT2D eigenvalue weighted by Crippen LogP contribution is -2.53. The van der Waals surface area contributed by atoms with Crippen LogP contribution in [-0.2, 0) is 22.4 Å². The Kier molecular flexibility index (Phi) is 9.91. The molecule has 2 heterocycles. The third-order valence-corrected chi connectivity index (χ3v) is 6.82. The number of nitrogens with one attached hydrogen (secondary N) is 5. The number of hydrogen-bond donors (Lipinski definition) is 7. The molecular weight excluding hydrogens is 478 g/mol. The minimum absolute atomic E-state index is 0.209. The summed E-state index contributed by atoms with van der Waals surface area (Å²) in [6.07, 6.45) is 7.26. The number of carbonyl (C=O) groups excluding carboxylic acids is 2. The highest BCUT2D eigenvalue weighted by atomic mass is 16.2. The van der Waals surface area contributed by atoms with Crippen molar-refractivity contribution in [3.05, 3.63) is 72.1 Å². The lowest BCUT2D eigenvalue weighted by Gasteiger charge is -2.21. The molecule has 0 aliphatic rings. The minimum atomic E-state index is -0.785. The van der Waals surface area contributed by atoms with E-state index in [0.717, 1.165) is 65.3 Å². The Hall–Kier alpha value is -3.66. The number of amides is 2. The molecule has 202 valence electrons. The number of aromatic nitrogens is 2. The van der Waals surface area contributed by atoms with Crippen LogP contribution in [0.15, 0.2) is 60.9 Å². The van der Waals surface area contributed by atoms with Gasteiger partial charge in [0.25, 0.3) is 0 Å². The molecule has 2 unspecified atom stereocenters. The first kappa shape index (κ1) is 27.4. The van der Waals surface area contributed by atoms with Crippen molar-refractivity contribution in [1.82, 2.24) is 25.9 Å². The summed E-state index contributed by atoms with van der Waals surface area (Å²) >= 11 is 0. The van der Waals surface area contributed by atoms with Crippen LogP contribution in [0.1, 0.15) is 30.4 Å². The van der Waals surface area contributed by atoms with E-state index in [1.807, 2.05) is 60.9 Å². The fourth-order valence-electron chi connectivity index (χ4n) is 4.70. The van der Waals surface area contributed by atoms with Crippen molar-refractivity contribution < 1.29 is 9.59 Å². The number of hydrogen-bond acceptors (Lipinski definition) is 5. The van der Waals surface area contributed by atoms with E-state index in [1.54, 1.807) is 0 Å². The Morgan fingerprint density at radius 2 is 1.34 bits per heavy atom. The van der Waals surface area contributed by atoms with E-state index in [9.17, 15) is 9.59 Å². The summed E-state index contributed by atoms with van der Waals surface area (Å²) in [6.45, 7) is 3.01. The predicted octanol–water partition coefficient (Wildman–Crippen LogP) is 2.08. The topological polar surface area (TPSA) is 154 Å². The van der Waals surface area contributed by atoms with E-state index in [0.29, 0.717) is 25.9 Å². The van der Waals surface area contributed by atoms with Gasteiger partial charge in [0.15, 0.2) is 0 Å². The quantitative estimate of drug-likeness (QED) is 0.120. The summed E-state index contributed by atoms with van der Waals surface area (Å²) in [4.78, 5) is 32.9. The molecule has 0 saturated heterocycles. The molecule has 38 heavy (non-hydrogen) atoms. The minimum Gasteiger partial charge on any atom is -0.361 e. The zero-order valence-corrected chi connectivity index (χ0v) is 21.8. The number of H-pyrrole nitrogens is 2. The Bertz CT molecular complexity index is 1330. The molecule has 2 amide bonds. The normalized spacial score (nSPS) is 13.0. The average Bonchev–Trinajstić information content (AvgIpc) is 3.54. The van der Waals surface area contributed by atoms with E-state index < -0.39 is 12.1 Å². The summed E-state index contributed by atoms with van der Waals surface area (Å²) in [5, 5.41) is 11.4. The third kappa shape index (κ3) is 7.22. The number of benzene rings is 2. The van der Waals surface area contributed by atoms with Crippen LogP contribution in [0.4, 0.5) is 0 Å². The van der Waals surface area contributed by atoms with Crippen LogP contribution in [-0.4, -0.2) is 60.0 Å². The SMILES string of the molecule is NCCCNCCCCNC(=O)C(Cc1c[nH]c2ccccc12)NC(=O)C(N)Cc1c[nH]c2ccccc12. The lowest BCUT2D eigenvalue weighted by molar-refractivity contribution is -0.129. The highest BCUT2D eigenvalue weighted by Gasteiger charge is 2.25. The first-order valence-electron chi connectivity index (χ1n) is 13.4. The second-order valence-electron chi connectivity index (χ2n) is 9.69.